The molecule has 0 spiro atoms. The van der Waals surface area contributed by atoms with Crippen molar-refractivity contribution in [2.75, 3.05) is 7.11 Å². The van der Waals surface area contributed by atoms with Gasteiger partial charge in [-0.05, 0) is 91.8 Å². The van der Waals surface area contributed by atoms with Gasteiger partial charge in [0.1, 0.15) is 12.2 Å². The Balaban J connectivity index is 1.62. The SMILES string of the molecule is COC(=O)CC[C@@H](C)C1CCC2C3C(C[C@H](O)[C@@]21C)[C@@]1(C)CC[C@@H](OC(C)=O)C[C@H]1C[C@H]3OC(C)=O. The Bertz CT molecular complexity index is 857. The van der Waals surface area contributed by atoms with Crippen molar-refractivity contribution < 1.29 is 33.7 Å². The summed E-state index contributed by atoms with van der Waals surface area (Å²) in [6.45, 7) is 9.78. The monoisotopic (exact) mass is 506 g/mol. The summed E-state index contributed by atoms with van der Waals surface area (Å²) in [6.07, 6.45) is 6.59. The standard InChI is InChI=1S/C29H46O7/c1-16(7-10-26(33)34-6)21-8-9-22-27-23(15-25(32)29(21,22)5)28(4)12-11-20(35-17(2)30)13-19(28)14-24(27)36-18(3)31/h16,19-25,27,32H,7-15H2,1-6H3/t16-,19+,20-,21?,22?,23?,24-,25+,27?,28+,29-/m1/s1. The predicted octanol–water partition coefficient (Wildman–Crippen LogP) is 4.68. The summed E-state index contributed by atoms with van der Waals surface area (Å²) in [7, 11) is 1.43. The lowest BCUT2D eigenvalue weighted by Crippen LogP contribution is -2.63. The first kappa shape index (κ1) is 27.4. The van der Waals surface area contributed by atoms with Crippen LogP contribution in [0, 0.1) is 46.3 Å². The van der Waals surface area contributed by atoms with Crippen LogP contribution in [0.15, 0.2) is 0 Å². The average Bonchev–Trinajstić information content (AvgIpc) is 3.16. The highest BCUT2D eigenvalue weighted by Gasteiger charge is 2.66. The third-order valence-electron chi connectivity index (χ3n) is 11.2. The fourth-order valence-corrected chi connectivity index (χ4v) is 9.42. The highest BCUT2D eigenvalue weighted by Crippen LogP contribution is 2.68. The molecule has 0 aliphatic heterocycles. The maximum Gasteiger partial charge on any atom is 0.305 e. The second-order valence-corrected chi connectivity index (χ2v) is 12.8. The van der Waals surface area contributed by atoms with E-state index in [9.17, 15) is 19.5 Å². The van der Waals surface area contributed by atoms with E-state index >= 15 is 0 Å². The van der Waals surface area contributed by atoms with Crippen molar-refractivity contribution >= 4 is 17.9 Å². The molecule has 4 aliphatic rings. The van der Waals surface area contributed by atoms with Gasteiger partial charge in [0.25, 0.3) is 0 Å². The number of carbonyl (C=O) groups is 3. The third kappa shape index (κ3) is 4.69. The molecule has 7 nitrogen and oxygen atoms in total. The molecule has 0 aromatic heterocycles. The lowest BCUT2D eigenvalue weighted by molar-refractivity contribution is -0.218. The molecule has 4 aliphatic carbocycles. The molecule has 0 saturated heterocycles. The van der Waals surface area contributed by atoms with Crippen molar-refractivity contribution in [3.05, 3.63) is 0 Å². The van der Waals surface area contributed by atoms with Gasteiger partial charge in [-0.3, -0.25) is 14.4 Å². The molecule has 36 heavy (non-hydrogen) atoms. The Morgan fingerprint density at radius 2 is 1.67 bits per heavy atom. The van der Waals surface area contributed by atoms with Crippen LogP contribution in [-0.4, -0.2) is 48.4 Å². The third-order valence-corrected chi connectivity index (χ3v) is 11.2. The quantitative estimate of drug-likeness (QED) is 0.412. The Hall–Kier alpha value is -1.63. The number of rotatable bonds is 6. The lowest BCUT2D eigenvalue weighted by atomic mass is 9.43. The fraction of sp³-hybridized carbons (Fsp3) is 0.897. The van der Waals surface area contributed by atoms with Gasteiger partial charge < -0.3 is 19.3 Å². The Morgan fingerprint density at radius 3 is 2.31 bits per heavy atom. The van der Waals surface area contributed by atoms with E-state index in [1.165, 1.54) is 21.0 Å². The molecular weight excluding hydrogens is 460 g/mol. The highest BCUT2D eigenvalue weighted by molar-refractivity contribution is 5.69. The molecule has 0 amide bonds. The van der Waals surface area contributed by atoms with Crippen LogP contribution in [0.5, 0.6) is 0 Å². The summed E-state index contributed by atoms with van der Waals surface area (Å²) in [6, 6.07) is 0. The van der Waals surface area contributed by atoms with E-state index in [4.69, 9.17) is 14.2 Å². The topological polar surface area (TPSA) is 99.1 Å². The van der Waals surface area contributed by atoms with E-state index in [-0.39, 0.29) is 64.6 Å². The van der Waals surface area contributed by atoms with Crippen molar-refractivity contribution in [1.29, 1.82) is 0 Å². The first-order valence-corrected chi connectivity index (χ1v) is 14.0. The van der Waals surface area contributed by atoms with E-state index in [2.05, 4.69) is 20.8 Å². The summed E-state index contributed by atoms with van der Waals surface area (Å²) in [5.74, 6) is 0.965. The number of aliphatic hydroxyl groups excluding tert-OH is 1. The van der Waals surface area contributed by atoms with Gasteiger partial charge in [0.05, 0.1) is 13.2 Å². The van der Waals surface area contributed by atoms with Crippen LogP contribution in [0.2, 0.25) is 0 Å². The summed E-state index contributed by atoms with van der Waals surface area (Å²) in [5, 5.41) is 11.8. The van der Waals surface area contributed by atoms with E-state index in [0.717, 1.165) is 44.9 Å². The van der Waals surface area contributed by atoms with Crippen LogP contribution >= 0.6 is 0 Å². The molecule has 0 radical (unpaired) electrons. The molecule has 7 heteroatoms. The minimum Gasteiger partial charge on any atom is -0.469 e. The molecule has 1 N–H and O–H groups in total. The van der Waals surface area contributed by atoms with Gasteiger partial charge in [-0.2, -0.15) is 0 Å². The number of hydrogen-bond donors (Lipinski definition) is 1. The van der Waals surface area contributed by atoms with Crippen LogP contribution in [0.1, 0.15) is 92.4 Å². The van der Waals surface area contributed by atoms with Crippen LogP contribution in [0.3, 0.4) is 0 Å². The number of methoxy groups -OCH3 is 1. The summed E-state index contributed by atoms with van der Waals surface area (Å²) in [4.78, 5) is 35.7. The number of hydrogen-bond acceptors (Lipinski definition) is 7. The van der Waals surface area contributed by atoms with Crippen LogP contribution < -0.4 is 0 Å². The lowest BCUT2D eigenvalue weighted by Gasteiger charge is -2.64. The van der Waals surface area contributed by atoms with Crippen molar-refractivity contribution in [2.45, 2.75) is 111 Å². The minimum atomic E-state index is -0.434. The molecular formula is C29H46O7. The zero-order valence-electron chi connectivity index (χ0n) is 23.0. The van der Waals surface area contributed by atoms with E-state index in [1.807, 2.05) is 0 Å². The molecule has 4 fully saturated rings. The first-order valence-electron chi connectivity index (χ1n) is 14.0. The van der Waals surface area contributed by atoms with E-state index in [1.54, 1.807) is 0 Å². The van der Waals surface area contributed by atoms with Gasteiger partial charge in [0.15, 0.2) is 0 Å². The van der Waals surface area contributed by atoms with Crippen LogP contribution in [0.25, 0.3) is 0 Å². The minimum absolute atomic E-state index is 0.0227. The second kappa shape index (κ2) is 10.3. The molecule has 0 aromatic rings. The fourth-order valence-electron chi connectivity index (χ4n) is 9.42. The number of fused-ring (bicyclic) bond motifs is 5. The summed E-state index contributed by atoms with van der Waals surface area (Å²) < 4.78 is 16.5. The maximum absolute atomic E-state index is 12.2. The van der Waals surface area contributed by atoms with Crippen LogP contribution in [-0.2, 0) is 28.6 Å². The molecule has 0 aromatic carbocycles. The molecule has 0 bridgehead atoms. The average molecular weight is 507 g/mol. The highest BCUT2D eigenvalue weighted by atomic mass is 16.5. The zero-order valence-corrected chi connectivity index (χ0v) is 23.0. The van der Waals surface area contributed by atoms with Gasteiger partial charge in [-0.1, -0.05) is 20.8 Å². The largest absolute Gasteiger partial charge is 0.469 e. The van der Waals surface area contributed by atoms with Crippen LogP contribution in [0.4, 0.5) is 0 Å². The molecule has 0 heterocycles. The van der Waals surface area contributed by atoms with Gasteiger partial charge in [-0.15, -0.1) is 0 Å². The normalized spacial score (nSPS) is 44.4. The van der Waals surface area contributed by atoms with Crippen molar-refractivity contribution in [2.24, 2.45) is 46.3 Å². The summed E-state index contributed by atoms with van der Waals surface area (Å²) in [5.41, 5.74) is -0.248. The maximum atomic E-state index is 12.2. The summed E-state index contributed by atoms with van der Waals surface area (Å²) >= 11 is 0. The molecule has 4 unspecified atom stereocenters. The molecule has 4 rings (SSSR count). The van der Waals surface area contributed by atoms with Gasteiger partial charge in [0, 0.05) is 26.2 Å². The Morgan fingerprint density at radius 1 is 0.972 bits per heavy atom. The van der Waals surface area contributed by atoms with Crippen molar-refractivity contribution in [3.8, 4) is 0 Å². The number of ether oxygens (including phenoxy) is 3. The number of esters is 3. The van der Waals surface area contributed by atoms with E-state index < -0.39 is 6.10 Å². The number of carbonyl (C=O) groups excluding carboxylic acids is 3. The first-order chi connectivity index (χ1) is 16.9. The van der Waals surface area contributed by atoms with Gasteiger partial charge in [-0.25, -0.2) is 0 Å². The molecule has 11 atom stereocenters. The van der Waals surface area contributed by atoms with Gasteiger partial charge >= 0.3 is 17.9 Å². The van der Waals surface area contributed by atoms with Gasteiger partial charge in [0.2, 0.25) is 0 Å². The second-order valence-electron chi connectivity index (χ2n) is 12.8. The molecule has 4 saturated carbocycles. The van der Waals surface area contributed by atoms with Crippen molar-refractivity contribution in [3.63, 3.8) is 0 Å². The Kier molecular flexibility index (Phi) is 7.81. The zero-order chi connectivity index (χ0) is 26.4. The number of aliphatic hydroxyl groups is 1. The molecule has 204 valence electrons. The Labute approximate surface area is 216 Å². The van der Waals surface area contributed by atoms with E-state index in [0.29, 0.717) is 24.7 Å². The smallest absolute Gasteiger partial charge is 0.305 e. The van der Waals surface area contributed by atoms with Crippen molar-refractivity contribution in [1.82, 2.24) is 0 Å². The predicted molar refractivity (Wildman–Crippen MR) is 134 cm³/mol.